The topological polar surface area (TPSA) is 56.5 Å². The Balaban J connectivity index is 1.97. The van der Waals surface area contributed by atoms with Crippen LogP contribution in [0.1, 0.15) is 28.4 Å². The number of ether oxygens (including phenoxy) is 1. The molecule has 0 aliphatic heterocycles. The number of rotatable bonds is 4. The number of aryl methyl sites for hydroxylation is 1. The molecular weight excluding hydrogens is 292 g/mol. The van der Waals surface area contributed by atoms with Gasteiger partial charge in [0.05, 0.1) is 5.56 Å². The summed E-state index contributed by atoms with van der Waals surface area (Å²) in [6, 6.07) is 14.2. The first kappa shape index (κ1) is 15.0. The maximum absolute atomic E-state index is 11.7. The van der Waals surface area contributed by atoms with E-state index in [4.69, 9.17) is 9.15 Å². The lowest BCUT2D eigenvalue weighted by atomic mass is 10.1. The second kappa shape index (κ2) is 6.08. The summed E-state index contributed by atoms with van der Waals surface area (Å²) in [5.74, 6) is 0.446. The van der Waals surface area contributed by atoms with Crippen LogP contribution in [-0.4, -0.2) is 5.78 Å². The summed E-state index contributed by atoms with van der Waals surface area (Å²) in [6.07, 6.45) is 0. The monoisotopic (exact) mass is 308 g/mol. The predicted molar refractivity (Wildman–Crippen MR) is 88.0 cm³/mol. The van der Waals surface area contributed by atoms with Crippen LogP contribution in [0.3, 0.4) is 0 Å². The highest BCUT2D eigenvalue weighted by molar-refractivity contribution is 5.96. The lowest BCUT2D eigenvalue weighted by Crippen LogP contribution is -2.06. The molecule has 1 heterocycles. The van der Waals surface area contributed by atoms with Crippen LogP contribution < -0.4 is 10.4 Å². The third-order valence-electron chi connectivity index (χ3n) is 3.64. The van der Waals surface area contributed by atoms with Crippen LogP contribution in [0.15, 0.2) is 57.7 Å². The molecule has 3 aromatic rings. The molecule has 1 aromatic heterocycles. The van der Waals surface area contributed by atoms with Gasteiger partial charge in [-0.25, -0.2) is 4.79 Å². The zero-order chi connectivity index (χ0) is 16.4. The summed E-state index contributed by atoms with van der Waals surface area (Å²) in [4.78, 5) is 23.4. The average Bonchev–Trinajstić information content (AvgIpc) is 2.52. The van der Waals surface area contributed by atoms with E-state index in [2.05, 4.69) is 0 Å². The second-order valence-electron chi connectivity index (χ2n) is 5.43. The Morgan fingerprint density at radius 1 is 1.13 bits per heavy atom. The molecule has 3 rings (SSSR count). The van der Waals surface area contributed by atoms with Gasteiger partial charge in [0.2, 0.25) is 0 Å². The van der Waals surface area contributed by atoms with Gasteiger partial charge in [0.15, 0.2) is 5.78 Å². The number of hydrogen-bond donors (Lipinski definition) is 0. The van der Waals surface area contributed by atoms with E-state index in [9.17, 15) is 9.59 Å². The maximum atomic E-state index is 11.7. The molecule has 116 valence electrons. The van der Waals surface area contributed by atoms with Gasteiger partial charge in [-0.2, -0.15) is 0 Å². The Morgan fingerprint density at radius 2 is 1.91 bits per heavy atom. The zero-order valence-electron chi connectivity index (χ0n) is 13.0. The Hall–Kier alpha value is -2.88. The molecule has 4 heteroatoms. The number of benzene rings is 2. The van der Waals surface area contributed by atoms with Crippen molar-refractivity contribution in [3.8, 4) is 5.75 Å². The fraction of sp³-hybridized carbons (Fsp3) is 0.158. The van der Waals surface area contributed by atoms with Crippen molar-refractivity contribution in [2.45, 2.75) is 20.5 Å². The molecule has 0 atom stereocenters. The van der Waals surface area contributed by atoms with E-state index >= 15 is 0 Å². The summed E-state index contributed by atoms with van der Waals surface area (Å²) in [5.41, 5.74) is 2.39. The van der Waals surface area contributed by atoms with Crippen LogP contribution in [0.4, 0.5) is 0 Å². The Kier molecular flexibility index (Phi) is 3.98. The second-order valence-corrected chi connectivity index (χ2v) is 5.43. The van der Waals surface area contributed by atoms with Crippen molar-refractivity contribution in [3.63, 3.8) is 0 Å². The largest absolute Gasteiger partial charge is 0.488 e. The van der Waals surface area contributed by atoms with Crippen LogP contribution in [0.2, 0.25) is 0 Å². The van der Waals surface area contributed by atoms with Crippen molar-refractivity contribution in [2.75, 3.05) is 0 Å². The van der Waals surface area contributed by atoms with Gasteiger partial charge < -0.3 is 9.15 Å². The molecule has 0 saturated heterocycles. The van der Waals surface area contributed by atoms with Gasteiger partial charge in [0, 0.05) is 17.0 Å². The van der Waals surface area contributed by atoms with Gasteiger partial charge in [-0.3, -0.25) is 4.79 Å². The summed E-state index contributed by atoms with van der Waals surface area (Å²) < 4.78 is 11.0. The number of ketones is 1. The van der Waals surface area contributed by atoms with Crippen LogP contribution in [0.25, 0.3) is 11.0 Å². The highest BCUT2D eigenvalue weighted by Gasteiger charge is 2.10. The highest BCUT2D eigenvalue weighted by Crippen LogP contribution is 2.23. The van der Waals surface area contributed by atoms with E-state index in [1.807, 2.05) is 31.2 Å². The van der Waals surface area contributed by atoms with Gasteiger partial charge >= 0.3 is 5.63 Å². The quantitative estimate of drug-likeness (QED) is 0.542. The number of hydrogen-bond acceptors (Lipinski definition) is 4. The molecule has 0 saturated carbocycles. The van der Waals surface area contributed by atoms with Gasteiger partial charge in [-0.05, 0) is 37.6 Å². The zero-order valence-corrected chi connectivity index (χ0v) is 13.0. The number of carbonyl (C=O) groups excluding carboxylic acids is 1. The minimum absolute atomic E-state index is 0.0614. The molecule has 0 spiro atoms. The molecule has 0 bridgehead atoms. The van der Waals surface area contributed by atoms with Crippen molar-refractivity contribution in [1.29, 1.82) is 0 Å². The van der Waals surface area contributed by atoms with Crippen molar-refractivity contribution in [1.82, 2.24) is 0 Å². The molecule has 4 nitrogen and oxygen atoms in total. The summed E-state index contributed by atoms with van der Waals surface area (Å²) in [5, 5.41) is 0.829. The maximum Gasteiger partial charge on any atom is 0.336 e. The van der Waals surface area contributed by atoms with Gasteiger partial charge in [0.1, 0.15) is 17.9 Å². The Morgan fingerprint density at radius 3 is 2.70 bits per heavy atom. The molecule has 0 unspecified atom stereocenters. The minimum Gasteiger partial charge on any atom is -0.488 e. The first-order valence-electron chi connectivity index (χ1n) is 7.31. The fourth-order valence-corrected chi connectivity index (χ4v) is 2.50. The average molecular weight is 308 g/mol. The molecule has 0 fully saturated rings. The standard InChI is InChI=1S/C19H16O4/c1-12-7-8-16-14(10-19(21)23-18(16)9-12)11-22-17-6-4-3-5-15(17)13(2)20/h3-10H,11H2,1-2H3. The molecule has 0 radical (unpaired) electrons. The first-order chi connectivity index (χ1) is 11.0. The van der Waals surface area contributed by atoms with Crippen molar-refractivity contribution in [2.24, 2.45) is 0 Å². The van der Waals surface area contributed by atoms with Gasteiger partial charge in [0.25, 0.3) is 0 Å². The molecule has 23 heavy (non-hydrogen) atoms. The lowest BCUT2D eigenvalue weighted by Gasteiger charge is -2.11. The molecule has 2 aromatic carbocycles. The van der Waals surface area contributed by atoms with E-state index in [1.54, 1.807) is 18.2 Å². The van der Waals surface area contributed by atoms with Crippen LogP contribution >= 0.6 is 0 Å². The summed E-state index contributed by atoms with van der Waals surface area (Å²) >= 11 is 0. The minimum atomic E-state index is -0.415. The highest BCUT2D eigenvalue weighted by atomic mass is 16.5. The summed E-state index contributed by atoms with van der Waals surface area (Å²) in [6.45, 7) is 3.62. The molecule has 0 amide bonds. The number of Topliss-reactive ketones (excluding diaryl/α,β-unsaturated/α-hetero) is 1. The molecule has 0 aliphatic carbocycles. The van der Waals surface area contributed by atoms with E-state index < -0.39 is 5.63 Å². The third kappa shape index (κ3) is 3.16. The van der Waals surface area contributed by atoms with E-state index in [0.717, 1.165) is 16.5 Å². The van der Waals surface area contributed by atoms with Crippen molar-refractivity contribution < 1.29 is 13.9 Å². The SMILES string of the molecule is CC(=O)c1ccccc1OCc1cc(=O)oc2cc(C)ccc12. The summed E-state index contributed by atoms with van der Waals surface area (Å²) in [7, 11) is 0. The number of fused-ring (bicyclic) bond motifs is 1. The van der Waals surface area contributed by atoms with Crippen molar-refractivity contribution >= 4 is 16.8 Å². The van der Waals surface area contributed by atoms with Gasteiger partial charge in [-0.1, -0.05) is 24.3 Å². The predicted octanol–water partition coefficient (Wildman–Crippen LogP) is 3.88. The van der Waals surface area contributed by atoms with E-state index in [0.29, 0.717) is 16.9 Å². The molecule has 0 aliphatic rings. The van der Waals surface area contributed by atoms with E-state index in [-0.39, 0.29) is 12.4 Å². The number of para-hydroxylation sites is 1. The number of carbonyl (C=O) groups is 1. The third-order valence-corrected chi connectivity index (χ3v) is 3.64. The van der Waals surface area contributed by atoms with E-state index in [1.165, 1.54) is 13.0 Å². The first-order valence-corrected chi connectivity index (χ1v) is 7.31. The Labute approximate surface area is 133 Å². The fourth-order valence-electron chi connectivity index (χ4n) is 2.50. The van der Waals surface area contributed by atoms with Crippen LogP contribution in [-0.2, 0) is 6.61 Å². The van der Waals surface area contributed by atoms with Crippen LogP contribution in [0.5, 0.6) is 5.75 Å². The van der Waals surface area contributed by atoms with Gasteiger partial charge in [-0.15, -0.1) is 0 Å². The normalized spacial score (nSPS) is 10.7. The van der Waals surface area contributed by atoms with Crippen molar-refractivity contribution in [3.05, 3.63) is 75.6 Å². The Bertz CT molecular complexity index is 937. The molecule has 0 N–H and O–H groups in total. The molecular formula is C19H16O4. The smallest absolute Gasteiger partial charge is 0.336 e. The van der Waals surface area contributed by atoms with Crippen LogP contribution in [0, 0.1) is 6.92 Å². The lowest BCUT2D eigenvalue weighted by molar-refractivity contribution is 0.101.